The molecule has 0 atom stereocenters. The third-order valence-electron chi connectivity index (χ3n) is 5.25. The largest absolute Gasteiger partial charge is 0.497 e. The molecule has 2 aromatic carbocycles. The fourth-order valence-electron chi connectivity index (χ4n) is 3.80. The number of aliphatic hydroxyl groups excluding tert-OH is 2. The van der Waals surface area contributed by atoms with Gasteiger partial charge in [-0.3, -0.25) is 4.79 Å². The summed E-state index contributed by atoms with van der Waals surface area (Å²) in [6, 6.07) is 8.59. The summed E-state index contributed by atoms with van der Waals surface area (Å²) in [5, 5.41) is 19.5. The number of fused-ring (bicyclic) bond motifs is 1. The van der Waals surface area contributed by atoms with E-state index in [0.717, 1.165) is 0 Å². The fraction of sp³-hybridized carbons (Fsp3) is 0.350. The van der Waals surface area contributed by atoms with Gasteiger partial charge >= 0.3 is 0 Å². The van der Waals surface area contributed by atoms with Gasteiger partial charge < -0.3 is 19.7 Å². The Morgan fingerprint density at radius 1 is 1.03 bits per heavy atom. The molecule has 0 bridgehead atoms. The summed E-state index contributed by atoms with van der Waals surface area (Å²) in [7, 11) is -1.64. The molecule has 0 saturated heterocycles. The van der Waals surface area contributed by atoms with Gasteiger partial charge in [0.2, 0.25) is 0 Å². The van der Waals surface area contributed by atoms with Crippen LogP contribution >= 0.6 is 11.6 Å². The van der Waals surface area contributed by atoms with Crippen LogP contribution in [0.25, 0.3) is 0 Å². The lowest BCUT2D eigenvalue weighted by Gasteiger charge is -2.27. The first-order valence-electron chi connectivity index (χ1n) is 9.10. The van der Waals surface area contributed by atoms with E-state index in [9.17, 15) is 23.4 Å². The van der Waals surface area contributed by atoms with Crippen LogP contribution in [0, 0.1) is 0 Å². The minimum absolute atomic E-state index is 0.0134. The van der Waals surface area contributed by atoms with Crippen molar-refractivity contribution in [3.63, 3.8) is 0 Å². The number of hydrogen-bond donors (Lipinski definition) is 2. The maximum atomic E-state index is 13.6. The van der Waals surface area contributed by atoms with Crippen molar-refractivity contribution in [1.82, 2.24) is 0 Å². The first-order chi connectivity index (χ1) is 14.3. The van der Waals surface area contributed by atoms with Crippen LogP contribution in [-0.2, 0) is 20.2 Å². The molecule has 0 aromatic heterocycles. The molecule has 0 spiro atoms. The Balaban J connectivity index is 2.25. The van der Waals surface area contributed by atoms with Gasteiger partial charge in [-0.15, -0.1) is 0 Å². The summed E-state index contributed by atoms with van der Waals surface area (Å²) in [6.45, 7) is -0.755. The zero-order valence-corrected chi connectivity index (χ0v) is 18.0. The Hall–Kier alpha value is -2.33. The van der Waals surface area contributed by atoms with Crippen LogP contribution in [0.4, 0.5) is 5.69 Å². The van der Waals surface area contributed by atoms with Gasteiger partial charge in [-0.2, -0.15) is 0 Å². The van der Waals surface area contributed by atoms with Crippen molar-refractivity contribution >= 4 is 33.2 Å². The van der Waals surface area contributed by atoms with Crippen LogP contribution in [0.2, 0.25) is 5.02 Å². The van der Waals surface area contributed by atoms with E-state index in [4.69, 9.17) is 21.1 Å². The Labute approximate surface area is 179 Å². The highest BCUT2D eigenvalue weighted by molar-refractivity contribution is 7.93. The highest BCUT2D eigenvalue weighted by atomic mass is 35.5. The topological polar surface area (TPSA) is 113 Å². The van der Waals surface area contributed by atoms with Crippen LogP contribution in [0.3, 0.4) is 0 Å². The molecular formula is C20H22ClNO7S. The summed E-state index contributed by atoms with van der Waals surface area (Å²) >= 11 is 6.12. The second kappa shape index (κ2) is 8.43. The quantitative estimate of drug-likeness (QED) is 0.626. The average molecular weight is 456 g/mol. The van der Waals surface area contributed by atoms with E-state index in [0.29, 0.717) is 20.6 Å². The molecule has 2 aromatic rings. The van der Waals surface area contributed by atoms with Crippen molar-refractivity contribution in [3.8, 4) is 11.5 Å². The Bertz CT molecular complexity index is 1060. The van der Waals surface area contributed by atoms with E-state index in [-0.39, 0.29) is 42.4 Å². The molecule has 0 fully saturated rings. The van der Waals surface area contributed by atoms with Crippen LogP contribution in [-0.4, -0.2) is 52.0 Å². The monoisotopic (exact) mass is 455 g/mol. The number of methoxy groups -OCH3 is 2. The number of ether oxygens (including phenoxy) is 2. The van der Waals surface area contributed by atoms with Crippen molar-refractivity contribution in [1.29, 1.82) is 0 Å². The lowest BCUT2D eigenvalue weighted by Crippen LogP contribution is -2.44. The molecule has 1 aliphatic rings. The number of carbonyl (C=O) groups is 1. The van der Waals surface area contributed by atoms with Gasteiger partial charge in [0.05, 0.1) is 25.3 Å². The number of nitrogens with zero attached hydrogens (tertiary/aromatic N) is 1. The molecule has 10 heteroatoms. The van der Waals surface area contributed by atoms with Crippen molar-refractivity contribution in [2.45, 2.75) is 23.2 Å². The van der Waals surface area contributed by atoms with E-state index in [1.54, 1.807) is 0 Å². The molecule has 1 heterocycles. The van der Waals surface area contributed by atoms with Gasteiger partial charge in [0, 0.05) is 24.3 Å². The van der Waals surface area contributed by atoms with Gasteiger partial charge in [-0.05, 0) is 48.7 Å². The molecule has 1 amide bonds. The second-order valence-corrected chi connectivity index (χ2v) is 8.97. The molecular weight excluding hydrogens is 434 g/mol. The predicted octanol–water partition coefficient (Wildman–Crippen LogP) is 2.10. The Morgan fingerprint density at radius 2 is 1.70 bits per heavy atom. The molecule has 30 heavy (non-hydrogen) atoms. The number of amides is 1. The summed E-state index contributed by atoms with van der Waals surface area (Å²) in [5.74, 6) is -0.360. The molecule has 2 N–H and O–H groups in total. The highest BCUT2D eigenvalue weighted by Gasteiger charge is 2.54. The van der Waals surface area contributed by atoms with Crippen LogP contribution < -0.4 is 13.8 Å². The summed E-state index contributed by atoms with van der Waals surface area (Å²) in [4.78, 5) is 13.3. The SMILES string of the molecule is COc1ccc(S(=O)(=O)N2C(=O)C(CCO)(CCO)c3cc(Cl)ccc32)c(OC)c1. The van der Waals surface area contributed by atoms with Crippen molar-refractivity contribution in [3.05, 3.63) is 47.0 Å². The minimum Gasteiger partial charge on any atom is -0.497 e. The molecule has 1 aliphatic heterocycles. The van der Waals surface area contributed by atoms with Crippen molar-refractivity contribution < 1.29 is 32.9 Å². The zero-order chi connectivity index (χ0) is 22.1. The summed E-state index contributed by atoms with van der Waals surface area (Å²) in [6.07, 6.45) is -0.128. The first-order valence-corrected chi connectivity index (χ1v) is 10.9. The molecule has 0 aliphatic carbocycles. The third kappa shape index (κ3) is 3.41. The molecule has 8 nitrogen and oxygen atoms in total. The summed E-state index contributed by atoms with van der Waals surface area (Å²) < 4.78 is 38.2. The number of rotatable bonds is 8. The number of carbonyl (C=O) groups excluding carboxylic acids is 1. The minimum atomic E-state index is -4.39. The number of hydrogen-bond acceptors (Lipinski definition) is 7. The Morgan fingerprint density at radius 3 is 2.27 bits per heavy atom. The first kappa shape index (κ1) is 22.4. The van der Waals surface area contributed by atoms with E-state index < -0.39 is 21.3 Å². The van der Waals surface area contributed by atoms with Gasteiger partial charge in [0.1, 0.15) is 16.4 Å². The van der Waals surface area contributed by atoms with Gasteiger partial charge in [0.25, 0.3) is 15.9 Å². The van der Waals surface area contributed by atoms with E-state index >= 15 is 0 Å². The van der Waals surface area contributed by atoms with Gasteiger partial charge in [0.15, 0.2) is 0 Å². The van der Waals surface area contributed by atoms with Crippen molar-refractivity contribution in [2.75, 3.05) is 31.7 Å². The second-order valence-electron chi connectivity index (χ2n) is 6.78. The van der Waals surface area contributed by atoms with Gasteiger partial charge in [-0.25, -0.2) is 12.7 Å². The molecule has 3 rings (SSSR count). The average Bonchev–Trinajstić information content (AvgIpc) is 2.96. The van der Waals surface area contributed by atoms with Crippen LogP contribution in [0.5, 0.6) is 11.5 Å². The maximum absolute atomic E-state index is 13.6. The highest BCUT2D eigenvalue weighted by Crippen LogP contribution is 2.49. The van der Waals surface area contributed by atoms with E-state index in [1.165, 1.54) is 50.6 Å². The number of aliphatic hydroxyl groups is 2. The number of anilines is 1. The number of benzene rings is 2. The summed E-state index contributed by atoms with van der Waals surface area (Å²) in [5.41, 5.74) is -0.945. The predicted molar refractivity (Wildman–Crippen MR) is 111 cm³/mol. The van der Waals surface area contributed by atoms with E-state index in [2.05, 4.69) is 0 Å². The molecule has 0 saturated carbocycles. The van der Waals surface area contributed by atoms with E-state index in [1.807, 2.05) is 0 Å². The number of halogens is 1. The van der Waals surface area contributed by atoms with Gasteiger partial charge in [-0.1, -0.05) is 11.6 Å². The van der Waals surface area contributed by atoms with Crippen LogP contribution in [0.1, 0.15) is 18.4 Å². The normalized spacial score (nSPS) is 15.2. The molecule has 0 unspecified atom stereocenters. The van der Waals surface area contributed by atoms with Crippen LogP contribution in [0.15, 0.2) is 41.3 Å². The smallest absolute Gasteiger partial charge is 0.274 e. The third-order valence-corrected chi connectivity index (χ3v) is 7.22. The lowest BCUT2D eigenvalue weighted by atomic mass is 9.76. The standard InChI is InChI=1S/C20H22ClNO7S/c1-28-14-4-6-18(17(12-14)29-2)30(26,27)22-16-5-3-13(21)11-15(16)20(7-9-23,8-10-24)19(22)25/h3-6,11-12,23-24H,7-10H2,1-2H3. The maximum Gasteiger partial charge on any atom is 0.274 e. The Kier molecular flexibility index (Phi) is 6.28. The lowest BCUT2D eigenvalue weighted by molar-refractivity contribution is -0.123. The molecule has 162 valence electrons. The fourth-order valence-corrected chi connectivity index (χ4v) is 5.62. The van der Waals surface area contributed by atoms with Crippen molar-refractivity contribution in [2.24, 2.45) is 0 Å². The number of sulfonamides is 1. The zero-order valence-electron chi connectivity index (χ0n) is 16.5. The molecule has 0 radical (unpaired) electrons.